The molecule has 0 aromatic heterocycles. The third-order valence-corrected chi connectivity index (χ3v) is 6.10. The summed E-state index contributed by atoms with van der Waals surface area (Å²) in [6, 6.07) is 15.8. The van der Waals surface area contributed by atoms with Gasteiger partial charge in [-0.05, 0) is 35.3 Å². The van der Waals surface area contributed by atoms with Gasteiger partial charge in [0.25, 0.3) is 5.91 Å². The van der Waals surface area contributed by atoms with Crippen molar-refractivity contribution in [3.05, 3.63) is 77.2 Å². The third-order valence-electron chi connectivity index (χ3n) is 4.72. The topological polar surface area (TPSA) is 38.8 Å². The van der Waals surface area contributed by atoms with Crippen LogP contribution in [0.3, 0.4) is 0 Å². The van der Waals surface area contributed by atoms with Gasteiger partial charge in [0, 0.05) is 12.1 Å². The number of carbonyl (C=O) groups is 1. The van der Waals surface area contributed by atoms with Gasteiger partial charge in [-0.25, -0.2) is 0 Å². The Bertz CT molecular complexity index is 991. The lowest BCUT2D eigenvalue weighted by atomic mass is 9.87. The Morgan fingerprint density at radius 3 is 2.42 bits per heavy atom. The van der Waals surface area contributed by atoms with Crippen LogP contribution in [-0.2, 0) is 10.2 Å². The number of para-hydroxylation sites is 1. The number of hydrogen-bond acceptors (Lipinski definition) is 5. The van der Waals surface area contributed by atoms with Gasteiger partial charge in [0.15, 0.2) is 0 Å². The van der Waals surface area contributed by atoms with Crippen LogP contribution in [0.4, 0.5) is 0 Å². The first kappa shape index (κ1) is 23.1. The van der Waals surface area contributed by atoms with E-state index in [1.165, 1.54) is 17.3 Å². The number of rotatable bonds is 8. The third kappa shape index (κ3) is 5.99. The molecular weight excluding hydrogens is 426 g/mol. The van der Waals surface area contributed by atoms with Crippen LogP contribution in [0.1, 0.15) is 31.9 Å². The normalized spacial score (nSPS) is 15.5. The molecule has 0 atom stereocenters. The number of hydrogen-bond donors (Lipinski definition) is 0. The van der Waals surface area contributed by atoms with Crippen LogP contribution in [0.5, 0.6) is 11.5 Å². The molecule has 3 rings (SSSR count). The lowest BCUT2D eigenvalue weighted by Gasteiger charge is -2.19. The van der Waals surface area contributed by atoms with Gasteiger partial charge >= 0.3 is 0 Å². The highest BCUT2D eigenvalue weighted by molar-refractivity contribution is 8.26. The molecule has 0 saturated carbocycles. The Hall–Kier alpha value is -2.57. The summed E-state index contributed by atoms with van der Waals surface area (Å²) in [4.78, 5) is 14.7. The van der Waals surface area contributed by atoms with E-state index in [1.54, 1.807) is 11.0 Å². The van der Waals surface area contributed by atoms with Crippen LogP contribution < -0.4 is 9.47 Å². The van der Waals surface area contributed by atoms with Crippen LogP contribution in [0.2, 0.25) is 0 Å². The molecule has 0 bridgehead atoms. The lowest BCUT2D eigenvalue weighted by Crippen LogP contribution is -2.27. The molecule has 1 aliphatic rings. The van der Waals surface area contributed by atoms with Crippen LogP contribution in [-0.4, -0.2) is 34.9 Å². The van der Waals surface area contributed by atoms with Crippen molar-refractivity contribution in [3.8, 4) is 11.5 Å². The van der Waals surface area contributed by atoms with E-state index < -0.39 is 0 Å². The molecule has 31 heavy (non-hydrogen) atoms. The standard InChI is InChI=1S/C25H27NO3S2/c1-5-14-26-23(27)22(31-24(26)30)17-18-8-6-7-9-21(18)29-16-15-28-20-12-10-19(11-13-20)25(2,3)4/h5-13,17H,1,14-16H2,2-4H3/b22-17+. The predicted octanol–water partition coefficient (Wildman–Crippen LogP) is 5.83. The summed E-state index contributed by atoms with van der Waals surface area (Å²) >= 11 is 6.60. The molecule has 1 amide bonds. The Morgan fingerprint density at radius 2 is 1.74 bits per heavy atom. The molecule has 0 unspecified atom stereocenters. The van der Waals surface area contributed by atoms with Crippen LogP contribution in [0.25, 0.3) is 6.08 Å². The van der Waals surface area contributed by atoms with E-state index in [0.29, 0.717) is 34.7 Å². The molecule has 162 valence electrons. The maximum atomic E-state index is 12.6. The Balaban J connectivity index is 1.60. The van der Waals surface area contributed by atoms with Crippen molar-refractivity contribution in [1.29, 1.82) is 0 Å². The molecule has 1 heterocycles. The monoisotopic (exact) mass is 453 g/mol. The van der Waals surface area contributed by atoms with E-state index >= 15 is 0 Å². The van der Waals surface area contributed by atoms with E-state index in [1.807, 2.05) is 42.5 Å². The zero-order chi connectivity index (χ0) is 22.4. The van der Waals surface area contributed by atoms with Gasteiger partial charge in [-0.2, -0.15) is 0 Å². The molecule has 0 aliphatic carbocycles. The molecule has 2 aromatic carbocycles. The highest BCUT2D eigenvalue weighted by atomic mass is 32.2. The van der Waals surface area contributed by atoms with Crippen molar-refractivity contribution in [2.24, 2.45) is 0 Å². The molecule has 6 heteroatoms. The minimum atomic E-state index is -0.105. The molecule has 4 nitrogen and oxygen atoms in total. The van der Waals surface area contributed by atoms with E-state index in [0.717, 1.165) is 11.3 Å². The summed E-state index contributed by atoms with van der Waals surface area (Å²) in [7, 11) is 0. The van der Waals surface area contributed by atoms with E-state index in [2.05, 4.69) is 39.5 Å². The second kappa shape index (κ2) is 10.2. The van der Waals surface area contributed by atoms with Crippen molar-refractivity contribution < 1.29 is 14.3 Å². The summed E-state index contributed by atoms with van der Waals surface area (Å²) in [6.45, 7) is 11.5. The second-order valence-electron chi connectivity index (χ2n) is 8.09. The predicted molar refractivity (Wildman–Crippen MR) is 133 cm³/mol. The zero-order valence-electron chi connectivity index (χ0n) is 18.1. The maximum absolute atomic E-state index is 12.6. The molecule has 1 saturated heterocycles. The fraction of sp³-hybridized carbons (Fsp3) is 0.280. The van der Waals surface area contributed by atoms with Gasteiger partial charge in [0.2, 0.25) is 0 Å². The molecular formula is C25H27NO3S2. The van der Waals surface area contributed by atoms with Crippen LogP contribution in [0, 0.1) is 0 Å². The molecule has 1 fully saturated rings. The first-order chi connectivity index (χ1) is 14.8. The van der Waals surface area contributed by atoms with Crippen molar-refractivity contribution in [3.63, 3.8) is 0 Å². The lowest BCUT2D eigenvalue weighted by molar-refractivity contribution is -0.121. The second-order valence-corrected chi connectivity index (χ2v) is 9.77. The molecule has 1 aliphatic heterocycles. The molecule has 0 N–H and O–H groups in total. The van der Waals surface area contributed by atoms with Crippen molar-refractivity contribution in [2.75, 3.05) is 19.8 Å². The summed E-state index contributed by atoms with van der Waals surface area (Å²) in [5, 5.41) is 0. The molecule has 2 aromatic rings. The Kier molecular flexibility index (Phi) is 7.57. The van der Waals surface area contributed by atoms with E-state index in [-0.39, 0.29) is 11.3 Å². The smallest absolute Gasteiger partial charge is 0.266 e. The number of amides is 1. The largest absolute Gasteiger partial charge is 0.490 e. The minimum absolute atomic E-state index is 0.105. The van der Waals surface area contributed by atoms with Crippen molar-refractivity contribution in [1.82, 2.24) is 4.90 Å². The highest BCUT2D eigenvalue weighted by Gasteiger charge is 2.31. The average molecular weight is 454 g/mol. The number of benzene rings is 2. The summed E-state index contributed by atoms with van der Waals surface area (Å²) in [5.74, 6) is 1.41. The molecule has 0 spiro atoms. The minimum Gasteiger partial charge on any atom is -0.490 e. The number of thiocarbonyl (C=S) groups is 1. The number of thioether (sulfide) groups is 1. The first-order valence-corrected chi connectivity index (χ1v) is 11.3. The number of carbonyl (C=O) groups excluding carboxylic acids is 1. The average Bonchev–Trinajstić information content (AvgIpc) is 3.00. The van der Waals surface area contributed by atoms with Crippen molar-refractivity contribution in [2.45, 2.75) is 26.2 Å². The van der Waals surface area contributed by atoms with Gasteiger partial charge < -0.3 is 9.47 Å². The Morgan fingerprint density at radius 1 is 1.06 bits per heavy atom. The van der Waals surface area contributed by atoms with Gasteiger partial charge in [0.1, 0.15) is 29.0 Å². The van der Waals surface area contributed by atoms with Gasteiger partial charge in [-0.3, -0.25) is 9.69 Å². The fourth-order valence-corrected chi connectivity index (χ4v) is 4.29. The highest BCUT2D eigenvalue weighted by Crippen LogP contribution is 2.34. The van der Waals surface area contributed by atoms with Crippen LogP contribution in [0.15, 0.2) is 66.1 Å². The quantitative estimate of drug-likeness (QED) is 0.218. The SMILES string of the molecule is C=CCN1C(=O)/C(=C\c2ccccc2OCCOc2ccc(C(C)(C)C)cc2)SC1=S. The summed E-state index contributed by atoms with van der Waals surface area (Å²) in [6.07, 6.45) is 3.49. The van der Waals surface area contributed by atoms with Gasteiger partial charge in [0.05, 0.1) is 4.91 Å². The van der Waals surface area contributed by atoms with Crippen molar-refractivity contribution >= 4 is 40.3 Å². The van der Waals surface area contributed by atoms with E-state index in [9.17, 15) is 4.79 Å². The fourth-order valence-electron chi connectivity index (χ4n) is 3.02. The summed E-state index contributed by atoms with van der Waals surface area (Å²) in [5.41, 5.74) is 2.21. The maximum Gasteiger partial charge on any atom is 0.266 e. The number of ether oxygens (including phenoxy) is 2. The van der Waals surface area contributed by atoms with Gasteiger partial charge in [-0.1, -0.05) is 81.2 Å². The summed E-state index contributed by atoms with van der Waals surface area (Å²) < 4.78 is 12.3. The van der Waals surface area contributed by atoms with E-state index in [4.69, 9.17) is 21.7 Å². The number of nitrogens with zero attached hydrogens (tertiary/aromatic N) is 1. The zero-order valence-corrected chi connectivity index (χ0v) is 19.7. The first-order valence-electron chi connectivity index (χ1n) is 10.1. The molecule has 0 radical (unpaired) electrons. The van der Waals surface area contributed by atoms with Gasteiger partial charge in [-0.15, -0.1) is 6.58 Å². The van der Waals surface area contributed by atoms with Crippen LogP contribution >= 0.6 is 24.0 Å². The Labute approximate surface area is 193 Å².